The second kappa shape index (κ2) is 3.28. The fourth-order valence-corrected chi connectivity index (χ4v) is 1.44. The molecule has 1 aromatic rings. The van der Waals surface area contributed by atoms with Gasteiger partial charge in [-0.1, -0.05) is 17.1 Å². The predicted octanol–water partition coefficient (Wildman–Crippen LogP) is -1.15. The Kier molecular flexibility index (Phi) is 2.54. The summed E-state index contributed by atoms with van der Waals surface area (Å²) in [6.45, 7) is 2.02. The largest absolute Gasteiger partial charge is 0.366 e. The highest BCUT2D eigenvalue weighted by molar-refractivity contribution is 7.27. The van der Waals surface area contributed by atoms with Gasteiger partial charge in [-0.3, -0.25) is 4.79 Å². The Labute approximate surface area is 75.1 Å². The Morgan fingerprint density at radius 3 is 2.58 bits per heavy atom. The van der Waals surface area contributed by atoms with Crippen molar-refractivity contribution in [3.8, 4) is 0 Å². The SMILES string of the molecule is Bc1cc(C(N)=O)cc(P)c1C. The molecule has 1 amide bonds. The smallest absolute Gasteiger partial charge is 0.248 e. The molecule has 4 heteroatoms. The molecule has 1 unspecified atom stereocenters. The summed E-state index contributed by atoms with van der Waals surface area (Å²) in [4.78, 5) is 10.8. The molecule has 0 aliphatic heterocycles. The fraction of sp³-hybridized carbons (Fsp3) is 0.125. The molecule has 0 saturated carbocycles. The van der Waals surface area contributed by atoms with Crippen molar-refractivity contribution in [1.82, 2.24) is 0 Å². The number of hydrogen-bond donors (Lipinski definition) is 1. The molecule has 0 saturated heterocycles. The summed E-state index contributed by atoms with van der Waals surface area (Å²) in [7, 11) is 4.56. The van der Waals surface area contributed by atoms with Crippen LogP contribution in [0.15, 0.2) is 12.1 Å². The molecule has 0 heterocycles. The van der Waals surface area contributed by atoms with Crippen LogP contribution < -0.4 is 16.5 Å². The van der Waals surface area contributed by atoms with Crippen molar-refractivity contribution in [2.75, 3.05) is 0 Å². The lowest BCUT2D eigenvalue weighted by Crippen LogP contribution is -2.21. The summed E-state index contributed by atoms with van der Waals surface area (Å²) in [5, 5.41) is 1.03. The lowest BCUT2D eigenvalue weighted by atomic mass is 9.89. The maximum atomic E-state index is 10.8. The summed E-state index contributed by atoms with van der Waals surface area (Å²) in [6, 6.07) is 3.60. The molecule has 0 spiro atoms. The number of hydrogen-bond acceptors (Lipinski definition) is 1. The normalized spacial score (nSPS) is 9.83. The van der Waals surface area contributed by atoms with Crippen LogP contribution in [0.25, 0.3) is 0 Å². The van der Waals surface area contributed by atoms with Gasteiger partial charge in [-0.05, 0) is 18.3 Å². The summed E-state index contributed by atoms with van der Waals surface area (Å²) < 4.78 is 0. The van der Waals surface area contributed by atoms with Gasteiger partial charge in [0.05, 0.1) is 0 Å². The van der Waals surface area contributed by atoms with Gasteiger partial charge in [0.25, 0.3) is 0 Å². The minimum absolute atomic E-state index is 0.373. The second-order valence-electron chi connectivity index (χ2n) is 2.87. The van der Waals surface area contributed by atoms with E-state index in [1.165, 1.54) is 5.56 Å². The van der Waals surface area contributed by atoms with Crippen LogP contribution in [0, 0.1) is 6.92 Å². The quantitative estimate of drug-likeness (QED) is 0.429. The Morgan fingerprint density at radius 1 is 1.58 bits per heavy atom. The standard InChI is InChI=1S/C8H11BNOP/c1-4-6(9)2-5(8(10)11)3-7(4)12/h2-3H,9,12H2,1H3,(H2,10,11). The van der Waals surface area contributed by atoms with Crippen molar-refractivity contribution in [1.29, 1.82) is 0 Å². The second-order valence-corrected chi connectivity index (χ2v) is 3.49. The zero-order valence-corrected chi connectivity index (χ0v) is 8.37. The van der Waals surface area contributed by atoms with Gasteiger partial charge in [0.2, 0.25) is 5.91 Å². The molecule has 0 radical (unpaired) electrons. The van der Waals surface area contributed by atoms with Crippen molar-refractivity contribution < 1.29 is 4.79 Å². The molecule has 1 atom stereocenters. The van der Waals surface area contributed by atoms with Crippen molar-refractivity contribution in [2.45, 2.75) is 6.92 Å². The van der Waals surface area contributed by atoms with E-state index in [1.54, 1.807) is 6.07 Å². The number of primary amides is 1. The zero-order chi connectivity index (χ0) is 9.30. The highest BCUT2D eigenvalue weighted by atomic mass is 31.0. The van der Waals surface area contributed by atoms with E-state index in [1.807, 2.05) is 20.8 Å². The van der Waals surface area contributed by atoms with Crippen molar-refractivity contribution >= 4 is 33.8 Å². The van der Waals surface area contributed by atoms with E-state index in [0.717, 1.165) is 10.8 Å². The number of nitrogens with two attached hydrogens (primary N) is 1. The van der Waals surface area contributed by atoms with Crippen LogP contribution in [0.4, 0.5) is 0 Å². The van der Waals surface area contributed by atoms with Crippen LogP contribution in [0.3, 0.4) is 0 Å². The first-order valence-electron chi connectivity index (χ1n) is 3.69. The molecule has 2 nitrogen and oxygen atoms in total. The summed E-state index contributed by atoms with van der Waals surface area (Å²) in [6.07, 6.45) is 0. The van der Waals surface area contributed by atoms with Crippen LogP contribution in [-0.2, 0) is 0 Å². The number of carbonyl (C=O) groups is 1. The van der Waals surface area contributed by atoms with Gasteiger partial charge in [0, 0.05) is 5.56 Å². The molecule has 0 aromatic heterocycles. The summed E-state index contributed by atoms with van der Waals surface area (Å²) in [5.41, 5.74) is 8.00. The first kappa shape index (κ1) is 9.27. The van der Waals surface area contributed by atoms with Gasteiger partial charge in [-0.15, -0.1) is 9.24 Å². The van der Waals surface area contributed by atoms with Crippen molar-refractivity contribution in [3.63, 3.8) is 0 Å². The van der Waals surface area contributed by atoms with Gasteiger partial charge < -0.3 is 5.73 Å². The van der Waals surface area contributed by atoms with E-state index in [-0.39, 0.29) is 5.91 Å². The molecule has 0 aliphatic carbocycles. The maximum Gasteiger partial charge on any atom is 0.248 e. The predicted molar refractivity (Wildman–Crippen MR) is 57.2 cm³/mol. The van der Waals surface area contributed by atoms with Crippen LogP contribution in [0.1, 0.15) is 15.9 Å². The number of benzene rings is 1. The van der Waals surface area contributed by atoms with Crippen molar-refractivity contribution in [2.24, 2.45) is 5.73 Å². The number of rotatable bonds is 1. The van der Waals surface area contributed by atoms with Gasteiger partial charge in [-0.25, -0.2) is 0 Å². The van der Waals surface area contributed by atoms with E-state index in [9.17, 15) is 4.79 Å². The third-order valence-corrected chi connectivity index (χ3v) is 2.59. The molecule has 1 rings (SSSR count). The third-order valence-electron chi connectivity index (χ3n) is 1.99. The maximum absolute atomic E-state index is 10.8. The average molecular weight is 179 g/mol. The van der Waals surface area contributed by atoms with Crippen LogP contribution in [0.5, 0.6) is 0 Å². The molecule has 0 aliphatic rings. The molecule has 0 bridgehead atoms. The lowest BCUT2D eigenvalue weighted by Gasteiger charge is -2.05. The highest BCUT2D eigenvalue weighted by Crippen LogP contribution is 2.00. The minimum atomic E-state index is -0.373. The first-order chi connectivity index (χ1) is 5.52. The minimum Gasteiger partial charge on any atom is -0.366 e. The monoisotopic (exact) mass is 179 g/mol. The van der Waals surface area contributed by atoms with E-state index < -0.39 is 0 Å². The average Bonchev–Trinajstić information content (AvgIpc) is 1.99. The topological polar surface area (TPSA) is 43.1 Å². The third kappa shape index (κ3) is 1.67. The summed E-state index contributed by atoms with van der Waals surface area (Å²) in [5.74, 6) is -0.373. The molecule has 12 heavy (non-hydrogen) atoms. The zero-order valence-electron chi connectivity index (χ0n) is 7.22. The molecular weight excluding hydrogens is 168 g/mol. The Hall–Kier alpha value is -0.815. The number of amides is 1. The van der Waals surface area contributed by atoms with E-state index in [4.69, 9.17) is 5.73 Å². The van der Waals surface area contributed by atoms with Gasteiger partial charge >= 0.3 is 0 Å². The Bertz CT molecular complexity index is 315. The summed E-state index contributed by atoms with van der Waals surface area (Å²) >= 11 is 0. The Balaban J connectivity index is 3.31. The van der Waals surface area contributed by atoms with E-state index in [0.29, 0.717) is 5.56 Å². The highest BCUT2D eigenvalue weighted by Gasteiger charge is 2.04. The molecule has 0 fully saturated rings. The molecule has 62 valence electrons. The van der Waals surface area contributed by atoms with Crippen molar-refractivity contribution in [3.05, 3.63) is 23.3 Å². The molecule has 1 aromatic carbocycles. The van der Waals surface area contributed by atoms with Gasteiger partial charge in [0.15, 0.2) is 0 Å². The van der Waals surface area contributed by atoms with Crippen LogP contribution in [0.2, 0.25) is 0 Å². The van der Waals surface area contributed by atoms with Gasteiger partial charge in [0.1, 0.15) is 7.85 Å². The Morgan fingerprint density at radius 2 is 2.17 bits per heavy atom. The molecule has 2 N–H and O–H groups in total. The molecular formula is C8H11BNOP. The van der Waals surface area contributed by atoms with Gasteiger partial charge in [-0.2, -0.15) is 0 Å². The van der Waals surface area contributed by atoms with Crippen LogP contribution in [-0.4, -0.2) is 13.8 Å². The fourth-order valence-electron chi connectivity index (χ4n) is 1.03. The van der Waals surface area contributed by atoms with E-state index >= 15 is 0 Å². The van der Waals surface area contributed by atoms with Crippen LogP contribution >= 0.6 is 9.24 Å². The van der Waals surface area contributed by atoms with E-state index in [2.05, 4.69) is 9.24 Å². The first-order valence-corrected chi connectivity index (χ1v) is 4.26. The lowest BCUT2D eigenvalue weighted by molar-refractivity contribution is 0.100. The number of carbonyl (C=O) groups excluding carboxylic acids is 1.